The van der Waals surface area contributed by atoms with Gasteiger partial charge in [0.1, 0.15) is 50.9 Å². The standard InChI is InChI=1S/C19H18N2O4S2.C18H16N2O5S2.C17H10F4N2O4S2.C16H12F3N3O4S2.C15H11N3O4S2/c1-2-3-9-25-16(23)11-14(22)12-8-10-26-18(12)21-17(24)19-20-13-6-4-5-7-15(13)27-19;1-24-7-8-25-15(22)10-13(21)11-6-9-26-17(11)20-16(23)18-19-12-4-2-3-5-14(12)27-18;18-12-5-8(10(24)6-13(25)27-7-17(19,20)21)15(29-12)23-14(26)16-22-9-3-1-2-4-11(9)28-16;17-16(18,19)7-26-15(25)22-11(23)8-5-6-27-13(8)21-12(24)14-20-9-3-1-2-4-10(9)28-14;1-22-15(21)18-11(19)8-6-7-23-13(8)17-12(20)14-16-9-4-2-3-5-10(9)24-14/h4-8,10H,2-3,9,11H2,1H3,(H,21,24);2-6,9H,7-8,10H2,1H3,(H,20,23);1-5H,6-7H2,(H,23,26);1-6,14,20H,7H2,(H,21,24)(H,22,23,25);2-7H,1H3,(H,17,20)(H,18,19,21). The minimum atomic E-state index is -4.73. The third-order valence-electron chi connectivity index (χ3n) is 17.1. The lowest BCUT2D eigenvalue weighted by Crippen LogP contribution is -2.34. The molecule has 0 spiro atoms. The van der Waals surface area contributed by atoms with Gasteiger partial charge in [-0.25, -0.2) is 29.5 Å². The number of nitrogens with one attached hydrogen (secondary N) is 8. The Bertz CT molecular complexity index is 6420. The Balaban J connectivity index is 0.000000162. The summed E-state index contributed by atoms with van der Waals surface area (Å²) in [4.78, 5) is 198. The SMILES string of the molecule is CCCCOC(=O)CC(=O)c1ccsc1NC(=O)c1nc2ccccc2s1.COC(=O)NC(=O)c1ccsc1NC(=O)c1nc2ccccc2s1.COCCOC(=O)CC(=O)c1ccsc1NC(=O)c1nc2ccccc2s1.O=C(CC(=O)c1cc(F)sc1NC(=O)c1nc2ccccc2s1)OCC(F)(F)F.O=C(NC(=O)c1ccsc1NC(=O)C1Nc2ccccc2S1)OCC(F)(F)F. The van der Waals surface area contributed by atoms with Crippen LogP contribution in [0.25, 0.3) is 40.9 Å². The number of esters is 3. The van der Waals surface area contributed by atoms with Crippen LogP contribution in [-0.2, 0) is 47.6 Å². The molecule has 9 aromatic heterocycles. The highest BCUT2D eigenvalue weighted by atomic mass is 32.2. The maximum Gasteiger partial charge on any atom is 0.422 e. The number of imide groups is 2. The van der Waals surface area contributed by atoms with Gasteiger partial charge in [0.15, 0.2) is 61.1 Å². The van der Waals surface area contributed by atoms with Crippen LogP contribution in [0.1, 0.15) is 130 Å². The molecule has 0 saturated carbocycles. The van der Waals surface area contributed by atoms with Gasteiger partial charge in [0.05, 0.1) is 89.0 Å². The number of anilines is 6. The molecule has 702 valence electrons. The number of thioether (sulfide) groups is 1. The van der Waals surface area contributed by atoms with Crippen LogP contribution >= 0.6 is 114 Å². The first-order chi connectivity index (χ1) is 64.6. The smallest absolute Gasteiger partial charge is 0.422 e. The predicted molar refractivity (Wildman–Crippen MR) is 497 cm³/mol. The number of rotatable bonds is 29. The minimum Gasteiger partial charge on any atom is -0.465 e. The van der Waals surface area contributed by atoms with Gasteiger partial charge in [-0.3, -0.25) is 73.0 Å². The number of alkyl carbamates (subject to hydrolysis) is 2. The van der Waals surface area contributed by atoms with Gasteiger partial charge in [-0.1, -0.05) is 97.1 Å². The van der Waals surface area contributed by atoms with E-state index in [1.54, 1.807) is 57.9 Å². The van der Waals surface area contributed by atoms with Crippen LogP contribution < -0.4 is 42.5 Å². The number of carbonyl (C=O) groups excluding carboxylic acids is 15. The number of methoxy groups -OCH3 is 2. The average molecular weight is 2050 g/mol. The number of carbonyl (C=O) groups is 15. The molecule has 0 aliphatic carbocycles. The number of alkyl halides is 6. The third kappa shape index (κ3) is 30.0. The van der Waals surface area contributed by atoms with E-state index in [0.29, 0.717) is 59.0 Å². The highest BCUT2D eigenvalue weighted by molar-refractivity contribution is 8.01. The number of nitrogens with zero attached hydrogens (tertiary/aromatic N) is 4. The summed E-state index contributed by atoms with van der Waals surface area (Å²) in [5, 5.41) is 27.0. The lowest BCUT2D eigenvalue weighted by molar-refractivity contribution is -0.185. The summed E-state index contributed by atoms with van der Waals surface area (Å²) in [5.41, 5.74) is 3.99. The zero-order valence-electron chi connectivity index (χ0n) is 69.5. The molecule has 9 amide bonds. The molecule has 1 unspecified atom stereocenters. The van der Waals surface area contributed by atoms with Gasteiger partial charge < -0.3 is 60.3 Å². The molecule has 15 rings (SSSR count). The number of thiazole rings is 4. The monoisotopic (exact) mass is 2040 g/mol. The van der Waals surface area contributed by atoms with E-state index < -0.39 is 126 Å². The van der Waals surface area contributed by atoms with Crippen molar-refractivity contribution in [3.8, 4) is 0 Å². The molecule has 135 heavy (non-hydrogen) atoms. The molecular weight excluding hydrogens is 1980 g/mol. The molecular formula is C85H67F7N12O21S10. The van der Waals surface area contributed by atoms with Gasteiger partial charge in [0, 0.05) is 17.7 Å². The molecule has 14 aromatic rings. The van der Waals surface area contributed by atoms with Crippen molar-refractivity contribution in [3.63, 3.8) is 0 Å². The molecule has 0 fully saturated rings. The Morgan fingerprint density at radius 1 is 0.393 bits per heavy atom. The van der Waals surface area contributed by atoms with E-state index in [1.165, 1.54) is 104 Å². The number of amides is 9. The van der Waals surface area contributed by atoms with Crippen LogP contribution in [0.5, 0.6) is 0 Å². The number of ether oxygens (including phenoxy) is 6. The van der Waals surface area contributed by atoms with E-state index in [4.69, 9.17) is 14.2 Å². The number of Topliss-reactive ketones (excluding diaryl/α,β-unsaturated/α-hetero) is 3. The van der Waals surface area contributed by atoms with Gasteiger partial charge in [0.2, 0.25) is 0 Å². The number of thiophene rings is 5. The van der Waals surface area contributed by atoms with Crippen LogP contribution in [-0.4, -0.2) is 174 Å². The zero-order chi connectivity index (χ0) is 97.0. The summed E-state index contributed by atoms with van der Waals surface area (Å²) in [6.07, 6.45) is -11.9. The molecule has 0 bridgehead atoms. The van der Waals surface area contributed by atoms with Crippen LogP contribution in [0.2, 0.25) is 0 Å². The number of aromatic nitrogens is 4. The Kier molecular flexibility index (Phi) is 36.5. The second kappa shape index (κ2) is 48.4. The number of ketones is 3. The summed E-state index contributed by atoms with van der Waals surface area (Å²) < 4.78 is 116. The quantitative estimate of drug-likeness (QED) is 0.00539. The topological polar surface area (TPSA) is 459 Å². The van der Waals surface area contributed by atoms with Crippen molar-refractivity contribution in [2.24, 2.45) is 0 Å². The van der Waals surface area contributed by atoms with Crippen LogP contribution in [0.3, 0.4) is 0 Å². The first kappa shape index (κ1) is 102. The number of benzene rings is 5. The molecule has 50 heteroatoms. The van der Waals surface area contributed by atoms with Crippen molar-refractivity contribution in [3.05, 3.63) is 226 Å². The Labute approximate surface area is 796 Å². The van der Waals surface area contributed by atoms with E-state index >= 15 is 0 Å². The summed E-state index contributed by atoms with van der Waals surface area (Å²) in [6.45, 7) is -0.990. The van der Waals surface area contributed by atoms with Gasteiger partial charge in [-0.15, -0.1) is 90.7 Å². The highest BCUT2D eigenvalue weighted by Crippen LogP contribution is 2.40. The van der Waals surface area contributed by atoms with Crippen molar-refractivity contribution in [1.82, 2.24) is 30.6 Å². The number of para-hydroxylation sites is 5. The first-order valence-corrected chi connectivity index (χ1v) is 47.2. The normalized spacial score (nSPS) is 11.8. The van der Waals surface area contributed by atoms with Gasteiger partial charge in [0.25, 0.3) is 41.4 Å². The van der Waals surface area contributed by atoms with Crippen molar-refractivity contribution in [1.29, 1.82) is 0 Å². The van der Waals surface area contributed by atoms with Gasteiger partial charge >= 0.3 is 42.4 Å². The van der Waals surface area contributed by atoms with Crippen LogP contribution in [0, 0.1) is 5.13 Å². The van der Waals surface area contributed by atoms with Crippen molar-refractivity contribution >= 4 is 274 Å². The molecule has 8 N–H and O–H groups in total. The fraction of sp³-hybridized carbons (Fsp3) is 0.188. The van der Waals surface area contributed by atoms with E-state index in [9.17, 15) is 103 Å². The summed E-state index contributed by atoms with van der Waals surface area (Å²) in [7, 11) is 2.65. The number of halogens is 7. The lowest BCUT2D eigenvalue weighted by atomic mass is 10.1. The van der Waals surface area contributed by atoms with Gasteiger partial charge in [-0.2, -0.15) is 30.7 Å². The molecule has 0 saturated heterocycles. The largest absolute Gasteiger partial charge is 0.465 e. The van der Waals surface area contributed by atoms with E-state index in [-0.39, 0.29) is 68.6 Å². The second-order valence-electron chi connectivity index (χ2n) is 26.8. The van der Waals surface area contributed by atoms with Crippen molar-refractivity contribution < 1.29 is 131 Å². The average Bonchev–Trinajstić information content (AvgIpc) is 1.69. The molecule has 5 aromatic carbocycles. The van der Waals surface area contributed by atoms with Crippen molar-refractivity contribution in [2.45, 2.75) is 61.6 Å². The summed E-state index contributed by atoms with van der Waals surface area (Å²) in [6, 6.07) is 43.5. The van der Waals surface area contributed by atoms with E-state index in [1.807, 2.05) is 109 Å². The van der Waals surface area contributed by atoms with E-state index in [2.05, 4.69) is 66.0 Å². The Morgan fingerprint density at radius 2 is 0.756 bits per heavy atom. The predicted octanol–water partition coefficient (Wildman–Crippen LogP) is 19.1. The number of unbranched alkanes of at least 4 members (excludes halogenated alkanes) is 1. The van der Waals surface area contributed by atoms with Crippen LogP contribution in [0.15, 0.2) is 178 Å². The van der Waals surface area contributed by atoms with Crippen LogP contribution in [0.4, 0.5) is 71.0 Å². The molecule has 33 nitrogen and oxygen atoms in total. The first-order valence-electron chi connectivity index (χ1n) is 38.8. The third-order valence-corrected chi connectivity index (χ3v) is 26.6. The maximum absolute atomic E-state index is 13.6. The number of fused-ring (bicyclic) bond motifs is 5. The summed E-state index contributed by atoms with van der Waals surface area (Å²) >= 11 is 11.3. The van der Waals surface area contributed by atoms with Crippen molar-refractivity contribution in [2.75, 3.05) is 79.2 Å². The maximum atomic E-state index is 13.6. The number of hydrogen-bond donors (Lipinski definition) is 8. The summed E-state index contributed by atoms with van der Waals surface area (Å²) in [5.74, 6) is -8.31. The Morgan fingerprint density at radius 3 is 1.16 bits per heavy atom. The molecule has 0 radical (unpaired) electrons. The number of hydrogen-bond acceptors (Lipinski definition) is 36. The fourth-order valence-electron chi connectivity index (χ4n) is 11.0. The molecule has 1 aliphatic heterocycles. The Hall–Kier alpha value is -13.6. The molecule has 10 heterocycles. The van der Waals surface area contributed by atoms with Gasteiger partial charge in [-0.05, 0) is 119 Å². The minimum absolute atomic E-state index is 0.0668. The highest BCUT2D eigenvalue weighted by Gasteiger charge is 2.34. The lowest BCUT2D eigenvalue weighted by Gasteiger charge is -2.12. The van der Waals surface area contributed by atoms with E-state index in [0.717, 1.165) is 94.6 Å². The second-order valence-corrected chi connectivity index (χ2v) is 36.7. The zero-order valence-corrected chi connectivity index (χ0v) is 77.6. The fourth-order valence-corrected chi connectivity index (χ4v) is 19.4. The molecule has 1 aliphatic rings. The molecule has 1 atom stereocenters.